The summed E-state index contributed by atoms with van der Waals surface area (Å²) in [6.45, 7) is -0.0783. The number of halogens is 1. The topological polar surface area (TPSA) is 63.3 Å². The van der Waals surface area contributed by atoms with Gasteiger partial charge in [0.1, 0.15) is 5.82 Å². The first-order valence-electron chi connectivity index (χ1n) is 5.88. The molecule has 3 N–H and O–H groups in total. The molecule has 17 heavy (non-hydrogen) atoms. The first kappa shape index (κ1) is 12.0. The quantitative estimate of drug-likeness (QED) is 0.843. The minimum absolute atomic E-state index is 0.0783. The van der Waals surface area contributed by atoms with Gasteiger partial charge in [-0.25, -0.2) is 4.39 Å². The highest BCUT2D eigenvalue weighted by atomic mass is 19.1. The van der Waals surface area contributed by atoms with Crippen molar-refractivity contribution in [2.75, 3.05) is 6.54 Å². The molecule has 92 valence electrons. The summed E-state index contributed by atoms with van der Waals surface area (Å²) in [5, 5.41) is 9.01. The molecule has 2 rings (SSSR count). The highest BCUT2D eigenvalue weighted by molar-refractivity contribution is 5.76. The van der Waals surface area contributed by atoms with Crippen molar-refractivity contribution in [3.8, 4) is 0 Å². The Kier molecular flexibility index (Phi) is 3.43. The molecule has 4 heteroatoms. The van der Waals surface area contributed by atoms with Crippen molar-refractivity contribution in [3.63, 3.8) is 0 Å². The van der Waals surface area contributed by atoms with Crippen molar-refractivity contribution >= 4 is 5.97 Å². The van der Waals surface area contributed by atoms with Crippen LogP contribution in [-0.2, 0) is 17.6 Å². The van der Waals surface area contributed by atoms with Crippen LogP contribution in [0.4, 0.5) is 4.39 Å². The summed E-state index contributed by atoms with van der Waals surface area (Å²) in [6.07, 6.45) is 3.62. The van der Waals surface area contributed by atoms with Crippen molar-refractivity contribution in [2.24, 2.45) is 5.73 Å². The van der Waals surface area contributed by atoms with Gasteiger partial charge in [-0.3, -0.25) is 4.79 Å². The molecule has 1 aliphatic carbocycles. The van der Waals surface area contributed by atoms with Crippen LogP contribution in [0.2, 0.25) is 0 Å². The van der Waals surface area contributed by atoms with E-state index in [4.69, 9.17) is 10.8 Å². The van der Waals surface area contributed by atoms with Gasteiger partial charge in [0, 0.05) is 12.1 Å². The number of hydrogen-bond donors (Lipinski definition) is 2. The molecular formula is C13H16FNO2. The molecule has 0 saturated heterocycles. The second-order valence-electron chi connectivity index (χ2n) is 4.44. The van der Waals surface area contributed by atoms with E-state index in [1.807, 2.05) is 6.07 Å². The predicted octanol–water partition coefficient (Wildman–Crippen LogP) is 1.83. The van der Waals surface area contributed by atoms with Crippen molar-refractivity contribution in [3.05, 3.63) is 34.6 Å². The third kappa shape index (κ3) is 2.17. The molecule has 0 spiro atoms. The Hall–Kier alpha value is -1.42. The van der Waals surface area contributed by atoms with Gasteiger partial charge >= 0.3 is 5.97 Å². The molecule has 0 bridgehead atoms. The van der Waals surface area contributed by atoms with Gasteiger partial charge in [-0.2, -0.15) is 0 Å². The van der Waals surface area contributed by atoms with Crippen LogP contribution >= 0.6 is 0 Å². The highest BCUT2D eigenvalue weighted by Gasteiger charge is 2.25. The first-order valence-corrected chi connectivity index (χ1v) is 5.88. The first-order chi connectivity index (χ1) is 8.15. The molecule has 1 unspecified atom stereocenters. The number of aliphatic carboxylic acids is 1. The van der Waals surface area contributed by atoms with E-state index in [-0.39, 0.29) is 17.9 Å². The summed E-state index contributed by atoms with van der Waals surface area (Å²) in [5.41, 5.74) is 7.33. The Labute approximate surface area is 99.4 Å². The van der Waals surface area contributed by atoms with Crippen LogP contribution in [0, 0.1) is 5.82 Å². The molecule has 1 aliphatic rings. The van der Waals surface area contributed by atoms with E-state index in [1.54, 1.807) is 6.07 Å². The fourth-order valence-corrected chi connectivity index (χ4v) is 2.43. The summed E-state index contributed by atoms with van der Waals surface area (Å²) in [4.78, 5) is 11.0. The summed E-state index contributed by atoms with van der Waals surface area (Å²) in [7, 11) is 0. The summed E-state index contributed by atoms with van der Waals surface area (Å²) in [6, 6.07) is 3.42. The van der Waals surface area contributed by atoms with Gasteiger partial charge in [-0.1, -0.05) is 12.1 Å². The molecule has 0 heterocycles. The molecule has 0 radical (unpaired) electrons. The van der Waals surface area contributed by atoms with Gasteiger partial charge < -0.3 is 10.8 Å². The lowest BCUT2D eigenvalue weighted by Crippen LogP contribution is -2.23. The fourth-order valence-electron chi connectivity index (χ4n) is 2.43. The van der Waals surface area contributed by atoms with Gasteiger partial charge in [0.2, 0.25) is 0 Å². The van der Waals surface area contributed by atoms with Gasteiger partial charge in [0.05, 0.1) is 5.92 Å². The van der Waals surface area contributed by atoms with Crippen LogP contribution in [-0.4, -0.2) is 17.6 Å². The highest BCUT2D eigenvalue weighted by Crippen LogP contribution is 2.29. The average molecular weight is 237 g/mol. The molecule has 0 aliphatic heterocycles. The molecule has 1 aromatic carbocycles. The number of fused-ring (bicyclic) bond motifs is 1. The lowest BCUT2D eigenvalue weighted by atomic mass is 9.87. The van der Waals surface area contributed by atoms with E-state index >= 15 is 0 Å². The fraction of sp³-hybridized carbons (Fsp3) is 0.462. The monoisotopic (exact) mass is 237 g/mol. The van der Waals surface area contributed by atoms with Crippen LogP contribution in [0.1, 0.15) is 35.4 Å². The molecule has 1 atom stereocenters. The average Bonchev–Trinajstić information content (AvgIpc) is 2.33. The van der Waals surface area contributed by atoms with Crippen LogP contribution < -0.4 is 5.73 Å². The minimum atomic E-state index is -1.07. The second kappa shape index (κ2) is 4.84. The SMILES string of the molecule is NCC(C(=O)O)c1ccc2c(c1F)CCCC2. The van der Waals surface area contributed by atoms with E-state index in [1.165, 1.54) is 0 Å². The number of benzene rings is 1. The van der Waals surface area contributed by atoms with Crippen molar-refractivity contribution < 1.29 is 14.3 Å². The van der Waals surface area contributed by atoms with Gasteiger partial charge in [-0.05, 0) is 36.8 Å². The zero-order valence-corrected chi connectivity index (χ0v) is 9.58. The zero-order valence-electron chi connectivity index (χ0n) is 9.58. The Bertz CT molecular complexity index is 445. The Morgan fingerprint density at radius 3 is 2.76 bits per heavy atom. The molecule has 3 nitrogen and oxygen atoms in total. The number of carboxylic acid groups (broad SMARTS) is 1. The molecule has 0 saturated carbocycles. The van der Waals surface area contributed by atoms with E-state index in [9.17, 15) is 9.18 Å². The maximum absolute atomic E-state index is 14.2. The maximum atomic E-state index is 14.2. The summed E-state index contributed by atoms with van der Waals surface area (Å²) >= 11 is 0. The van der Waals surface area contributed by atoms with Gasteiger partial charge in [-0.15, -0.1) is 0 Å². The Morgan fingerprint density at radius 1 is 1.41 bits per heavy atom. The smallest absolute Gasteiger partial charge is 0.312 e. The van der Waals surface area contributed by atoms with Crippen LogP contribution in [0.25, 0.3) is 0 Å². The van der Waals surface area contributed by atoms with E-state index in [2.05, 4.69) is 0 Å². The summed E-state index contributed by atoms with van der Waals surface area (Å²) in [5.74, 6) is -2.37. The summed E-state index contributed by atoms with van der Waals surface area (Å²) < 4.78 is 14.2. The lowest BCUT2D eigenvalue weighted by molar-refractivity contribution is -0.138. The largest absolute Gasteiger partial charge is 0.481 e. The number of rotatable bonds is 3. The molecule has 0 amide bonds. The van der Waals surface area contributed by atoms with Crippen molar-refractivity contribution in [2.45, 2.75) is 31.6 Å². The number of hydrogen-bond acceptors (Lipinski definition) is 2. The van der Waals surface area contributed by atoms with E-state index < -0.39 is 11.9 Å². The van der Waals surface area contributed by atoms with Crippen LogP contribution in [0.5, 0.6) is 0 Å². The second-order valence-corrected chi connectivity index (χ2v) is 4.44. The van der Waals surface area contributed by atoms with E-state index in [0.717, 1.165) is 24.8 Å². The normalized spacial score (nSPS) is 16.4. The zero-order chi connectivity index (χ0) is 12.4. The minimum Gasteiger partial charge on any atom is -0.481 e. The van der Waals surface area contributed by atoms with E-state index in [0.29, 0.717) is 12.0 Å². The third-order valence-corrected chi connectivity index (χ3v) is 3.40. The third-order valence-electron chi connectivity index (χ3n) is 3.40. The molecular weight excluding hydrogens is 221 g/mol. The molecule has 0 aromatic heterocycles. The molecule has 0 fully saturated rings. The number of carbonyl (C=O) groups is 1. The number of carboxylic acids is 1. The lowest BCUT2D eigenvalue weighted by Gasteiger charge is -2.20. The Morgan fingerprint density at radius 2 is 2.12 bits per heavy atom. The standard InChI is InChI=1S/C13H16FNO2/c14-12-9-4-2-1-3-8(9)5-6-10(12)11(7-15)13(16)17/h5-6,11H,1-4,7,15H2,(H,16,17). The van der Waals surface area contributed by atoms with Gasteiger partial charge in [0.25, 0.3) is 0 Å². The van der Waals surface area contributed by atoms with Crippen molar-refractivity contribution in [1.29, 1.82) is 0 Å². The predicted molar refractivity (Wildman–Crippen MR) is 62.5 cm³/mol. The van der Waals surface area contributed by atoms with Crippen molar-refractivity contribution in [1.82, 2.24) is 0 Å². The Balaban J connectivity index is 2.45. The van der Waals surface area contributed by atoms with Crippen LogP contribution in [0.3, 0.4) is 0 Å². The van der Waals surface area contributed by atoms with Gasteiger partial charge in [0.15, 0.2) is 0 Å². The maximum Gasteiger partial charge on any atom is 0.312 e. The number of aryl methyl sites for hydroxylation is 1. The molecule has 1 aromatic rings. The number of nitrogens with two attached hydrogens (primary N) is 1. The van der Waals surface area contributed by atoms with Crippen LogP contribution in [0.15, 0.2) is 12.1 Å².